The van der Waals surface area contributed by atoms with Crippen molar-refractivity contribution in [2.24, 2.45) is 0 Å². The van der Waals surface area contributed by atoms with E-state index in [4.69, 9.17) is 14.4 Å². The molecule has 4 nitrogen and oxygen atoms in total. The lowest BCUT2D eigenvalue weighted by atomic mass is 9.91. The summed E-state index contributed by atoms with van der Waals surface area (Å²) in [6.07, 6.45) is 0. The van der Waals surface area contributed by atoms with Gasteiger partial charge < -0.3 is 4.42 Å². The number of aromatic nitrogens is 2. The normalized spacial score (nSPS) is 11.2. The van der Waals surface area contributed by atoms with E-state index in [2.05, 4.69) is 91.0 Å². The minimum absolute atomic E-state index is 0.608. The van der Waals surface area contributed by atoms with Crippen LogP contribution in [0.2, 0.25) is 0 Å². The number of para-hydroxylation sites is 1. The van der Waals surface area contributed by atoms with E-state index in [0.29, 0.717) is 11.4 Å². The number of fused-ring (bicyclic) bond motifs is 4. The molecule has 4 heteroatoms. The summed E-state index contributed by atoms with van der Waals surface area (Å²) >= 11 is 0. The van der Waals surface area contributed by atoms with Gasteiger partial charge >= 0.3 is 0 Å². The lowest BCUT2D eigenvalue weighted by Crippen LogP contribution is -1.96. The summed E-state index contributed by atoms with van der Waals surface area (Å²) in [6, 6.07) is 58.2. The predicted octanol–water partition coefficient (Wildman–Crippen LogP) is 11.7. The van der Waals surface area contributed by atoms with E-state index in [0.717, 1.165) is 72.3 Å². The minimum atomic E-state index is 0.608. The van der Waals surface area contributed by atoms with Crippen molar-refractivity contribution < 1.29 is 4.42 Å². The highest BCUT2D eigenvalue weighted by Crippen LogP contribution is 2.39. The van der Waals surface area contributed by atoms with Gasteiger partial charge in [-0.1, -0.05) is 109 Å². The van der Waals surface area contributed by atoms with E-state index in [-0.39, 0.29) is 0 Å². The van der Waals surface area contributed by atoms with Crippen molar-refractivity contribution in [2.45, 2.75) is 0 Å². The summed E-state index contributed by atoms with van der Waals surface area (Å²) in [4.78, 5) is 10.2. The number of nitriles is 1. The Bertz CT molecular complexity index is 2710. The maximum absolute atomic E-state index is 9.41. The molecule has 0 radical (unpaired) electrons. The average Bonchev–Trinajstić information content (AvgIpc) is 3.56. The fraction of sp³-hybridized carbons (Fsp3) is 0. The second kappa shape index (κ2) is 11.8. The molecule has 0 aliphatic heterocycles. The molecular formula is C45H27N3O. The fourth-order valence-electron chi connectivity index (χ4n) is 6.66. The summed E-state index contributed by atoms with van der Waals surface area (Å²) < 4.78 is 6.17. The molecule has 0 fully saturated rings. The smallest absolute Gasteiger partial charge is 0.160 e. The molecule has 228 valence electrons. The molecular weight excluding hydrogens is 599 g/mol. The number of hydrogen-bond donors (Lipinski definition) is 0. The van der Waals surface area contributed by atoms with Gasteiger partial charge in [-0.15, -0.1) is 0 Å². The van der Waals surface area contributed by atoms with Crippen LogP contribution in [0.5, 0.6) is 0 Å². The summed E-state index contributed by atoms with van der Waals surface area (Å²) in [7, 11) is 0. The first-order valence-corrected chi connectivity index (χ1v) is 16.2. The highest BCUT2D eigenvalue weighted by Gasteiger charge is 2.16. The summed E-state index contributed by atoms with van der Waals surface area (Å²) in [5.74, 6) is 0.640. The monoisotopic (exact) mass is 625 g/mol. The lowest BCUT2D eigenvalue weighted by Gasteiger charge is -2.14. The Balaban J connectivity index is 1.29. The first kappa shape index (κ1) is 28.4. The highest BCUT2D eigenvalue weighted by molar-refractivity contribution is 6.06. The first-order chi connectivity index (χ1) is 24.2. The van der Waals surface area contributed by atoms with Gasteiger partial charge in [0.1, 0.15) is 11.2 Å². The Morgan fingerprint density at radius 3 is 1.92 bits per heavy atom. The standard InChI is InChI=1S/C45H27N3O/c46-28-29-17-19-31(20-18-29)41-27-42(48-45(47-41)32-10-2-1-3-11-32)36-24-34(23-35(25-36)38-15-8-12-30-9-4-5-13-37(30)38)33-21-22-44-40(26-33)39-14-6-7-16-43(39)49-44/h1-27H. The van der Waals surface area contributed by atoms with Gasteiger partial charge in [-0.3, -0.25) is 0 Å². The Morgan fingerprint density at radius 1 is 0.429 bits per heavy atom. The number of benzene rings is 7. The second-order valence-electron chi connectivity index (χ2n) is 12.2. The van der Waals surface area contributed by atoms with Gasteiger partial charge in [0.15, 0.2) is 5.82 Å². The molecule has 2 heterocycles. The third-order valence-electron chi connectivity index (χ3n) is 9.11. The van der Waals surface area contributed by atoms with Crippen LogP contribution in [0, 0.1) is 11.3 Å². The van der Waals surface area contributed by atoms with E-state index in [1.165, 1.54) is 10.8 Å². The van der Waals surface area contributed by atoms with Crippen molar-refractivity contribution in [2.75, 3.05) is 0 Å². The fourth-order valence-corrected chi connectivity index (χ4v) is 6.66. The first-order valence-electron chi connectivity index (χ1n) is 16.2. The average molecular weight is 626 g/mol. The Morgan fingerprint density at radius 2 is 1.08 bits per heavy atom. The number of rotatable bonds is 5. The third-order valence-corrected chi connectivity index (χ3v) is 9.11. The molecule has 0 spiro atoms. The van der Waals surface area contributed by atoms with Gasteiger partial charge in [-0.25, -0.2) is 9.97 Å². The molecule has 0 saturated heterocycles. The molecule has 2 aromatic heterocycles. The maximum atomic E-state index is 9.41. The van der Waals surface area contributed by atoms with Crippen molar-refractivity contribution in [1.29, 1.82) is 5.26 Å². The zero-order valence-electron chi connectivity index (χ0n) is 26.3. The minimum Gasteiger partial charge on any atom is -0.456 e. The second-order valence-corrected chi connectivity index (χ2v) is 12.2. The molecule has 7 aromatic carbocycles. The van der Waals surface area contributed by atoms with Crippen LogP contribution in [-0.2, 0) is 0 Å². The van der Waals surface area contributed by atoms with E-state index in [1.54, 1.807) is 0 Å². The SMILES string of the molecule is N#Cc1ccc(-c2cc(-c3cc(-c4ccc5oc6ccccc6c5c4)cc(-c4cccc5ccccc45)c3)nc(-c3ccccc3)n2)cc1. The molecule has 0 bridgehead atoms. The third kappa shape index (κ3) is 5.20. The number of furan rings is 1. The van der Waals surface area contributed by atoms with E-state index in [1.807, 2.05) is 78.9 Å². The van der Waals surface area contributed by atoms with Crippen LogP contribution in [0.4, 0.5) is 0 Å². The summed E-state index contributed by atoms with van der Waals surface area (Å²) in [5.41, 5.74) is 11.2. The van der Waals surface area contributed by atoms with E-state index >= 15 is 0 Å². The summed E-state index contributed by atoms with van der Waals surface area (Å²) in [5, 5.41) is 14.0. The Labute approximate surface area is 283 Å². The van der Waals surface area contributed by atoms with E-state index in [9.17, 15) is 5.26 Å². The van der Waals surface area contributed by atoms with Crippen molar-refractivity contribution in [1.82, 2.24) is 9.97 Å². The largest absolute Gasteiger partial charge is 0.456 e. The predicted molar refractivity (Wildman–Crippen MR) is 199 cm³/mol. The molecule has 0 unspecified atom stereocenters. The molecule has 0 amide bonds. The quantitative estimate of drug-likeness (QED) is 0.191. The Hall–Kier alpha value is -6.83. The van der Waals surface area contributed by atoms with Crippen molar-refractivity contribution >= 4 is 32.7 Å². The number of nitrogens with zero attached hydrogens (tertiary/aromatic N) is 3. The summed E-state index contributed by atoms with van der Waals surface area (Å²) in [6.45, 7) is 0. The zero-order chi connectivity index (χ0) is 32.7. The topological polar surface area (TPSA) is 62.7 Å². The highest BCUT2D eigenvalue weighted by atomic mass is 16.3. The van der Waals surface area contributed by atoms with Gasteiger partial charge in [-0.2, -0.15) is 5.26 Å². The van der Waals surface area contributed by atoms with Gasteiger partial charge in [0.05, 0.1) is 23.0 Å². The lowest BCUT2D eigenvalue weighted by molar-refractivity contribution is 0.669. The van der Waals surface area contributed by atoms with Gasteiger partial charge in [0.25, 0.3) is 0 Å². The van der Waals surface area contributed by atoms with Gasteiger partial charge in [0, 0.05) is 27.5 Å². The number of hydrogen-bond acceptors (Lipinski definition) is 4. The van der Waals surface area contributed by atoms with Crippen LogP contribution in [0.25, 0.3) is 88.9 Å². The van der Waals surface area contributed by atoms with Crippen LogP contribution < -0.4 is 0 Å². The van der Waals surface area contributed by atoms with Crippen LogP contribution in [0.15, 0.2) is 168 Å². The van der Waals surface area contributed by atoms with Gasteiger partial charge in [-0.05, 0) is 87.6 Å². The van der Waals surface area contributed by atoms with Crippen molar-refractivity contribution in [3.63, 3.8) is 0 Å². The molecule has 0 aliphatic carbocycles. The van der Waals surface area contributed by atoms with Gasteiger partial charge in [0.2, 0.25) is 0 Å². The van der Waals surface area contributed by atoms with Crippen LogP contribution in [0.3, 0.4) is 0 Å². The van der Waals surface area contributed by atoms with Crippen LogP contribution in [0.1, 0.15) is 5.56 Å². The molecule has 0 saturated carbocycles. The molecule has 0 aliphatic rings. The molecule has 0 N–H and O–H groups in total. The molecule has 0 atom stereocenters. The van der Waals surface area contributed by atoms with Crippen LogP contribution >= 0.6 is 0 Å². The van der Waals surface area contributed by atoms with E-state index < -0.39 is 0 Å². The van der Waals surface area contributed by atoms with Crippen molar-refractivity contribution in [3.8, 4) is 62.2 Å². The Kier molecular flexibility index (Phi) is 6.81. The molecule has 49 heavy (non-hydrogen) atoms. The zero-order valence-corrected chi connectivity index (χ0v) is 26.3. The maximum Gasteiger partial charge on any atom is 0.160 e. The molecule has 9 aromatic rings. The van der Waals surface area contributed by atoms with Crippen molar-refractivity contribution in [3.05, 3.63) is 169 Å². The molecule has 9 rings (SSSR count). The van der Waals surface area contributed by atoms with Crippen LogP contribution in [-0.4, -0.2) is 9.97 Å².